The van der Waals surface area contributed by atoms with Crippen molar-refractivity contribution in [3.63, 3.8) is 0 Å². The van der Waals surface area contributed by atoms with Gasteiger partial charge in [0, 0.05) is 77.4 Å². The first-order valence-corrected chi connectivity index (χ1v) is 13.2. The predicted molar refractivity (Wildman–Crippen MR) is 133 cm³/mol. The SMILES string of the molecule is O=C1CCC(N2Cc3cccc(CN4CCN(CCCCN5CCNCC5)CC4)c3C2=O)C(=O)N1. The number of piperidine rings is 1. The van der Waals surface area contributed by atoms with Gasteiger partial charge in [-0.2, -0.15) is 0 Å². The number of carbonyl (C=O) groups excluding carboxylic acids is 3. The van der Waals surface area contributed by atoms with Gasteiger partial charge in [0.15, 0.2) is 0 Å². The molecule has 9 heteroatoms. The average molecular weight is 483 g/mol. The third kappa shape index (κ3) is 5.74. The summed E-state index contributed by atoms with van der Waals surface area (Å²) in [6.07, 6.45) is 3.20. The second-order valence-electron chi connectivity index (χ2n) is 10.3. The summed E-state index contributed by atoms with van der Waals surface area (Å²) in [5, 5.41) is 5.80. The molecule has 1 atom stereocenters. The van der Waals surface area contributed by atoms with Gasteiger partial charge in [0.1, 0.15) is 6.04 Å². The predicted octanol–water partition coefficient (Wildman–Crippen LogP) is 0.251. The Morgan fingerprint density at radius 3 is 2.26 bits per heavy atom. The van der Waals surface area contributed by atoms with Crippen LogP contribution in [0.5, 0.6) is 0 Å². The number of benzene rings is 1. The first kappa shape index (κ1) is 24.4. The van der Waals surface area contributed by atoms with Gasteiger partial charge in [-0.05, 0) is 43.5 Å². The van der Waals surface area contributed by atoms with Crippen molar-refractivity contribution < 1.29 is 14.4 Å². The van der Waals surface area contributed by atoms with E-state index in [4.69, 9.17) is 0 Å². The van der Waals surface area contributed by atoms with Crippen LogP contribution in [0.3, 0.4) is 0 Å². The second kappa shape index (κ2) is 11.2. The fourth-order valence-electron chi connectivity index (χ4n) is 5.84. The number of piperazine rings is 2. The molecule has 0 aromatic heterocycles. The number of nitrogens with one attached hydrogen (secondary N) is 2. The molecule has 1 aromatic carbocycles. The highest BCUT2D eigenvalue weighted by atomic mass is 16.2. The minimum Gasteiger partial charge on any atom is -0.322 e. The lowest BCUT2D eigenvalue weighted by Gasteiger charge is -2.35. The summed E-state index contributed by atoms with van der Waals surface area (Å²) in [5.74, 6) is -0.684. The highest BCUT2D eigenvalue weighted by Gasteiger charge is 2.40. The van der Waals surface area contributed by atoms with Gasteiger partial charge in [-0.25, -0.2) is 0 Å². The Hall–Kier alpha value is -2.33. The third-order valence-electron chi connectivity index (χ3n) is 7.91. The monoisotopic (exact) mass is 482 g/mol. The molecule has 190 valence electrons. The maximum Gasteiger partial charge on any atom is 0.255 e. The molecule has 3 fully saturated rings. The van der Waals surface area contributed by atoms with E-state index >= 15 is 0 Å². The summed E-state index contributed by atoms with van der Waals surface area (Å²) in [6, 6.07) is 5.49. The van der Waals surface area contributed by atoms with E-state index in [2.05, 4.69) is 25.3 Å². The summed E-state index contributed by atoms with van der Waals surface area (Å²) in [4.78, 5) is 46.4. The van der Waals surface area contributed by atoms with Crippen LogP contribution < -0.4 is 10.6 Å². The number of nitrogens with zero attached hydrogens (tertiary/aromatic N) is 4. The Kier molecular flexibility index (Phi) is 7.77. The minimum atomic E-state index is -0.560. The maximum atomic E-state index is 13.3. The minimum absolute atomic E-state index is 0.0757. The van der Waals surface area contributed by atoms with Crippen molar-refractivity contribution >= 4 is 17.7 Å². The van der Waals surface area contributed by atoms with Gasteiger partial charge in [0.05, 0.1) is 0 Å². The van der Waals surface area contributed by atoms with Crippen molar-refractivity contribution in [1.29, 1.82) is 0 Å². The molecule has 4 aliphatic heterocycles. The molecule has 9 nitrogen and oxygen atoms in total. The van der Waals surface area contributed by atoms with Crippen LogP contribution >= 0.6 is 0 Å². The van der Waals surface area contributed by atoms with Crippen LogP contribution in [-0.2, 0) is 22.7 Å². The molecule has 4 heterocycles. The number of carbonyl (C=O) groups is 3. The van der Waals surface area contributed by atoms with Crippen LogP contribution in [-0.4, -0.2) is 109 Å². The Morgan fingerprint density at radius 1 is 0.857 bits per heavy atom. The molecule has 0 spiro atoms. The topological polar surface area (TPSA) is 88.2 Å². The van der Waals surface area contributed by atoms with Crippen LogP contribution in [0.2, 0.25) is 0 Å². The number of rotatable bonds is 8. The number of imide groups is 1. The maximum absolute atomic E-state index is 13.3. The summed E-state index contributed by atoms with van der Waals surface area (Å²) >= 11 is 0. The summed E-state index contributed by atoms with van der Waals surface area (Å²) in [6.45, 7) is 12.3. The summed E-state index contributed by atoms with van der Waals surface area (Å²) < 4.78 is 0. The zero-order valence-electron chi connectivity index (χ0n) is 20.6. The van der Waals surface area contributed by atoms with Crippen molar-refractivity contribution in [2.24, 2.45) is 0 Å². The summed E-state index contributed by atoms with van der Waals surface area (Å²) in [7, 11) is 0. The Balaban J connectivity index is 1.10. The molecular formula is C26H38N6O3. The zero-order valence-corrected chi connectivity index (χ0v) is 20.6. The lowest BCUT2D eigenvalue weighted by atomic mass is 10.0. The first-order valence-electron chi connectivity index (χ1n) is 13.2. The Morgan fingerprint density at radius 2 is 1.54 bits per heavy atom. The van der Waals surface area contributed by atoms with Crippen molar-refractivity contribution in [3.05, 3.63) is 34.9 Å². The Bertz CT molecular complexity index is 939. The number of unbranched alkanes of at least 4 members (excludes halogenated alkanes) is 1. The fraction of sp³-hybridized carbons (Fsp3) is 0.654. The van der Waals surface area contributed by atoms with E-state index in [1.165, 1.54) is 39.0 Å². The van der Waals surface area contributed by atoms with E-state index in [9.17, 15) is 14.4 Å². The molecule has 3 saturated heterocycles. The van der Waals surface area contributed by atoms with E-state index in [1.54, 1.807) is 4.90 Å². The molecule has 0 radical (unpaired) electrons. The van der Waals surface area contributed by atoms with E-state index in [1.807, 2.05) is 18.2 Å². The molecular weight excluding hydrogens is 444 g/mol. The van der Waals surface area contributed by atoms with Crippen molar-refractivity contribution in [2.45, 2.75) is 44.8 Å². The van der Waals surface area contributed by atoms with E-state index < -0.39 is 6.04 Å². The lowest BCUT2D eigenvalue weighted by molar-refractivity contribution is -0.136. The third-order valence-corrected chi connectivity index (χ3v) is 7.91. The summed E-state index contributed by atoms with van der Waals surface area (Å²) in [5.41, 5.74) is 2.79. The highest BCUT2D eigenvalue weighted by Crippen LogP contribution is 2.30. The highest BCUT2D eigenvalue weighted by molar-refractivity contribution is 6.05. The first-order chi connectivity index (χ1) is 17.1. The van der Waals surface area contributed by atoms with Gasteiger partial charge in [-0.1, -0.05) is 18.2 Å². The molecule has 1 aromatic rings. The molecule has 0 saturated carbocycles. The average Bonchev–Trinajstić information content (AvgIpc) is 3.20. The van der Waals surface area contributed by atoms with E-state index in [0.717, 1.165) is 62.5 Å². The quantitative estimate of drug-likeness (QED) is 0.406. The van der Waals surface area contributed by atoms with Gasteiger partial charge < -0.3 is 20.0 Å². The molecule has 5 rings (SSSR count). The zero-order chi connectivity index (χ0) is 24.2. The van der Waals surface area contributed by atoms with Crippen LogP contribution in [0.15, 0.2) is 18.2 Å². The number of fused-ring (bicyclic) bond motifs is 1. The molecule has 1 unspecified atom stereocenters. The molecule has 4 aliphatic rings. The second-order valence-corrected chi connectivity index (χ2v) is 10.3. The van der Waals surface area contributed by atoms with E-state index in [-0.39, 0.29) is 24.1 Å². The van der Waals surface area contributed by atoms with Gasteiger partial charge in [-0.3, -0.25) is 24.6 Å². The number of hydrogen-bond donors (Lipinski definition) is 2. The normalized spacial score (nSPS) is 24.6. The standard InChI is InChI=1S/C26H38N6O3/c33-23-7-6-22(25(34)28-23)32-19-21-5-3-4-20(24(21)26(32)35)18-31-16-14-30(15-17-31)11-2-1-10-29-12-8-27-9-13-29/h3-5,22,27H,1-2,6-19H2,(H,28,33,34). The van der Waals surface area contributed by atoms with Gasteiger partial charge in [0.2, 0.25) is 11.8 Å². The van der Waals surface area contributed by atoms with Crippen LogP contribution in [0, 0.1) is 0 Å². The van der Waals surface area contributed by atoms with Crippen LogP contribution in [0.1, 0.15) is 47.2 Å². The fourth-order valence-corrected chi connectivity index (χ4v) is 5.84. The smallest absolute Gasteiger partial charge is 0.255 e. The van der Waals surface area contributed by atoms with Gasteiger partial charge in [-0.15, -0.1) is 0 Å². The number of hydrogen-bond acceptors (Lipinski definition) is 7. The molecule has 2 N–H and O–H groups in total. The molecule has 35 heavy (non-hydrogen) atoms. The molecule has 0 bridgehead atoms. The lowest BCUT2D eigenvalue weighted by Crippen LogP contribution is -2.52. The van der Waals surface area contributed by atoms with Crippen molar-refractivity contribution in [3.8, 4) is 0 Å². The van der Waals surface area contributed by atoms with Crippen molar-refractivity contribution in [2.75, 3.05) is 65.4 Å². The molecule has 3 amide bonds. The Labute approximate surface area is 207 Å². The van der Waals surface area contributed by atoms with Gasteiger partial charge in [0.25, 0.3) is 5.91 Å². The van der Waals surface area contributed by atoms with Gasteiger partial charge >= 0.3 is 0 Å². The van der Waals surface area contributed by atoms with Crippen LogP contribution in [0.4, 0.5) is 0 Å². The largest absolute Gasteiger partial charge is 0.322 e. The van der Waals surface area contributed by atoms with Crippen LogP contribution in [0.25, 0.3) is 0 Å². The number of amides is 3. The van der Waals surface area contributed by atoms with E-state index in [0.29, 0.717) is 13.0 Å². The molecule has 0 aliphatic carbocycles. The van der Waals surface area contributed by atoms with Crippen molar-refractivity contribution in [1.82, 2.24) is 30.2 Å².